The zero-order valence-electron chi connectivity index (χ0n) is 12.9. The van der Waals surface area contributed by atoms with Crippen molar-refractivity contribution in [1.82, 2.24) is 15.1 Å². The molecule has 6 heteroatoms. The van der Waals surface area contributed by atoms with Crippen LogP contribution in [0.15, 0.2) is 6.07 Å². The average Bonchev–Trinajstić information content (AvgIpc) is 3.17. The molecular weight excluding hydrogens is 286 g/mol. The second kappa shape index (κ2) is 5.10. The molecule has 0 radical (unpaired) electrons. The van der Waals surface area contributed by atoms with E-state index < -0.39 is 0 Å². The second-order valence-corrected chi connectivity index (χ2v) is 7.04. The van der Waals surface area contributed by atoms with Crippen LogP contribution < -0.4 is 5.32 Å². The topological polar surface area (TPSA) is 56.1 Å². The summed E-state index contributed by atoms with van der Waals surface area (Å²) < 4.78 is 7.43. The van der Waals surface area contributed by atoms with Gasteiger partial charge in [0.05, 0.1) is 16.2 Å². The Morgan fingerprint density at radius 3 is 2.90 bits per heavy atom. The molecule has 0 bridgehead atoms. The maximum Gasteiger partial charge on any atom is 0.261 e. The van der Waals surface area contributed by atoms with Crippen LogP contribution in [0.4, 0.5) is 0 Å². The summed E-state index contributed by atoms with van der Waals surface area (Å²) in [6, 6.07) is 1.93. The van der Waals surface area contributed by atoms with Crippen LogP contribution in [-0.2, 0) is 11.8 Å². The molecule has 0 spiro atoms. The van der Waals surface area contributed by atoms with Crippen LogP contribution in [0.25, 0.3) is 10.2 Å². The molecule has 1 aliphatic carbocycles. The highest BCUT2D eigenvalue weighted by Crippen LogP contribution is 2.41. The van der Waals surface area contributed by atoms with Gasteiger partial charge in [0.1, 0.15) is 4.83 Å². The summed E-state index contributed by atoms with van der Waals surface area (Å²) in [5.74, 6) is 0.538. The molecule has 2 aromatic rings. The second-order valence-electron chi connectivity index (χ2n) is 6.01. The Labute approximate surface area is 128 Å². The zero-order valence-corrected chi connectivity index (χ0v) is 13.7. The van der Waals surface area contributed by atoms with E-state index in [9.17, 15) is 4.79 Å². The summed E-state index contributed by atoms with van der Waals surface area (Å²) in [4.78, 5) is 14.1. The lowest BCUT2D eigenvalue weighted by Gasteiger charge is -2.28. The van der Waals surface area contributed by atoms with Crippen molar-refractivity contribution in [3.63, 3.8) is 0 Å². The molecule has 2 heterocycles. The fraction of sp³-hybridized carbons (Fsp3) is 0.600. The molecule has 0 aromatic carbocycles. The lowest BCUT2D eigenvalue weighted by molar-refractivity contribution is -0.0112. The van der Waals surface area contributed by atoms with Crippen LogP contribution in [0.1, 0.15) is 35.1 Å². The first-order valence-corrected chi connectivity index (χ1v) is 8.03. The number of hydrogen-bond donors (Lipinski definition) is 1. The van der Waals surface area contributed by atoms with Gasteiger partial charge in [0.15, 0.2) is 0 Å². The highest BCUT2D eigenvalue weighted by atomic mass is 32.1. The Morgan fingerprint density at radius 1 is 1.62 bits per heavy atom. The molecule has 5 nitrogen and oxygen atoms in total. The molecule has 0 unspecified atom stereocenters. The maximum absolute atomic E-state index is 12.4. The highest BCUT2D eigenvalue weighted by molar-refractivity contribution is 7.20. The van der Waals surface area contributed by atoms with E-state index in [1.54, 1.807) is 7.11 Å². The minimum atomic E-state index is -0.246. The number of hydrogen-bond acceptors (Lipinski definition) is 4. The minimum Gasteiger partial charge on any atom is -0.376 e. The number of methoxy groups -OCH3 is 1. The molecule has 1 fully saturated rings. The summed E-state index contributed by atoms with van der Waals surface area (Å²) in [5.41, 5.74) is 0.714. The summed E-state index contributed by atoms with van der Waals surface area (Å²) in [6.07, 6.45) is 2.38. The first-order chi connectivity index (χ1) is 9.94. The summed E-state index contributed by atoms with van der Waals surface area (Å²) in [5, 5.41) is 8.43. The smallest absolute Gasteiger partial charge is 0.261 e. The van der Waals surface area contributed by atoms with Gasteiger partial charge in [-0.1, -0.05) is 0 Å². The van der Waals surface area contributed by atoms with Gasteiger partial charge in [-0.05, 0) is 38.7 Å². The van der Waals surface area contributed by atoms with Gasteiger partial charge in [0, 0.05) is 26.1 Å². The van der Waals surface area contributed by atoms with E-state index in [2.05, 4.69) is 17.3 Å². The van der Waals surface area contributed by atoms with Crippen LogP contribution >= 0.6 is 11.3 Å². The number of aromatic nitrogens is 2. The molecule has 114 valence electrons. The van der Waals surface area contributed by atoms with E-state index in [0.29, 0.717) is 12.5 Å². The molecule has 3 rings (SSSR count). The quantitative estimate of drug-likeness (QED) is 0.923. The Kier molecular flexibility index (Phi) is 3.53. The average molecular weight is 307 g/mol. The van der Waals surface area contributed by atoms with Crippen LogP contribution in [0.2, 0.25) is 0 Å². The number of carbonyl (C=O) groups is 1. The van der Waals surface area contributed by atoms with Gasteiger partial charge in [0.25, 0.3) is 5.91 Å². The highest BCUT2D eigenvalue weighted by Gasteiger charge is 2.42. The van der Waals surface area contributed by atoms with Gasteiger partial charge < -0.3 is 10.1 Å². The third kappa shape index (κ3) is 2.58. The first-order valence-electron chi connectivity index (χ1n) is 7.21. The molecule has 1 amide bonds. The van der Waals surface area contributed by atoms with E-state index in [0.717, 1.165) is 20.8 Å². The van der Waals surface area contributed by atoms with E-state index in [-0.39, 0.29) is 11.5 Å². The first kappa shape index (κ1) is 14.5. The molecule has 0 saturated heterocycles. The van der Waals surface area contributed by atoms with Crippen molar-refractivity contribution in [2.75, 3.05) is 13.7 Å². The zero-order chi connectivity index (χ0) is 15.2. The van der Waals surface area contributed by atoms with Crippen molar-refractivity contribution in [3.05, 3.63) is 16.6 Å². The van der Waals surface area contributed by atoms with E-state index in [1.807, 2.05) is 24.7 Å². The fourth-order valence-electron chi connectivity index (χ4n) is 2.74. The summed E-state index contributed by atoms with van der Waals surface area (Å²) in [7, 11) is 3.63. The van der Waals surface area contributed by atoms with Crippen molar-refractivity contribution in [1.29, 1.82) is 0 Å². The van der Waals surface area contributed by atoms with Crippen molar-refractivity contribution < 1.29 is 9.53 Å². The van der Waals surface area contributed by atoms with E-state index in [1.165, 1.54) is 24.2 Å². The number of thiophene rings is 1. The molecular formula is C15H21N3O2S. The largest absolute Gasteiger partial charge is 0.376 e. The van der Waals surface area contributed by atoms with Gasteiger partial charge in [-0.3, -0.25) is 9.48 Å². The predicted molar refractivity (Wildman–Crippen MR) is 83.8 cm³/mol. The van der Waals surface area contributed by atoms with E-state index in [4.69, 9.17) is 4.74 Å². The normalized spacial score (nSPS) is 17.9. The summed E-state index contributed by atoms with van der Waals surface area (Å²) in [6.45, 7) is 4.59. The monoisotopic (exact) mass is 307 g/mol. The maximum atomic E-state index is 12.4. The van der Waals surface area contributed by atoms with Crippen LogP contribution in [-0.4, -0.2) is 34.9 Å². The molecule has 1 atom stereocenters. The van der Waals surface area contributed by atoms with Gasteiger partial charge in [-0.2, -0.15) is 5.10 Å². The van der Waals surface area contributed by atoms with Gasteiger partial charge >= 0.3 is 0 Å². The number of carbonyl (C=O) groups excluding carboxylic acids is 1. The summed E-state index contributed by atoms with van der Waals surface area (Å²) >= 11 is 1.48. The number of amides is 1. The van der Waals surface area contributed by atoms with Crippen molar-refractivity contribution in [3.8, 4) is 0 Å². The molecule has 2 aromatic heterocycles. The van der Waals surface area contributed by atoms with Crippen LogP contribution in [0.5, 0.6) is 0 Å². The molecule has 21 heavy (non-hydrogen) atoms. The SMILES string of the molecule is CO[C@](C)(CNC(=O)c1cc2c(C)nn(C)c2s1)C1CC1. The molecule has 1 saturated carbocycles. The van der Waals surface area contributed by atoms with Crippen molar-refractivity contribution >= 4 is 27.5 Å². The number of nitrogens with zero attached hydrogens (tertiary/aromatic N) is 2. The number of nitrogens with one attached hydrogen (secondary N) is 1. The van der Waals surface area contributed by atoms with Gasteiger partial charge in [-0.15, -0.1) is 11.3 Å². The Balaban J connectivity index is 1.73. The van der Waals surface area contributed by atoms with E-state index >= 15 is 0 Å². The van der Waals surface area contributed by atoms with Gasteiger partial charge in [0.2, 0.25) is 0 Å². The number of rotatable bonds is 5. The Morgan fingerprint density at radius 2 is 2.33 bits per heavy atom. The molecule has 1 N–H and O–H groups in total. The van der Waals surface area contributed by atoms with Crippen molar-refractivity contribution in [2.24, 2.45) is 13.0 Å². The minimum absolute atomic E-state index is 0.0282. The number of aryl methyl sites for hydroxylation is 2. The third-order valence-corrected chi connectivity index (χ3v) is 5.63. The third-order valence-electron chi connectivity index (χ3n) is 4.43. The van der Waals surface area contributed by atoms with Gasteiger partial charge in [-0.25, -0.2) is 0 Å². The lowest BCUT2D eigenvalue weighted by Crippen LogP contribution is -2.43. The number of fused-ring (bicyclic) bond motifs is 1. The van der Waals surface area contributed by atoms with Crippen molar-refractivity contribution in [2.45, 2.75) is 32.3 Å². The Hall–Kier alpha value is -1.40. The van der Waals surface area contributed by atoms with Crippen LogP contribution in [0.3, 0.4) is 0 Å². The molecule has 0 aliphatic heterocycles. The van der Waals surface area contributed by atoms with Crippen LogP contribution in [0, 0.1) is 12.8 Å². The molecule has 1 aliphatic rings. The Bertz CT molecular complexity index is 652. The number of ether oxygens (including phenoxy) is 1. The predicted octanol–water partition coefficient (Wildman–Crippen LogP) is 2.49. The lowest BCUT2D eigenvalue weighted by atomic mass is 10.0. The standard InChI is InChI=1S/C15H21N3O2S/c1-9-11-7-12(21-14(11)18(3)17-9)13(19)16-8-15(2,20-4)10-5-6-10/h7,10H,5-6,8H2,1-4H3,(H,16,19)/t15-/m1/s1. The fourth-order valence-corrected chi connectivity index (χ4v) is 3.78.